The fraction of sp³-hybridized carbons (Fsp3) is 0.167. The van der Waals surface area contributed by atoms with E-state index in [1.54, 1.807) is 0 Å². The van der Waals surface area contributed by atoms with Gasteiger partial charge in [-0.25, -0.2) is 0 Å². The van der Waals surface area contributed by atoms with E-state index in [4.69, 9.17) is 4.74 Å². The summed E-state index contributed by atoms with van der Waals surface area (Å²) in [7, 11) is 0. The van der Waals surface area contributed by atoms with E-state index in [2.05, 4.69) is 29.2 Å². The molecular formula is C18H17NO2S. The number of aromatic nitrogens is 1. The van der Waals surface area contributed by atoms with Crippen molar-refractivity contribution in [1.29, 1.82) is 0 Å². The highest BCUT2D eigenvalue weighted by atomic mass is 32.2. The summed E-state index contributed by atoms with van der Waals surface area (Å²) in [4.78, 5) is 16.2. The van der Waals surface area contributed by atoms with Crippen LogP contribution in [-0.2, 0) is 9.53 Å². The van der Waals surface area contributed by atoms with Crippen molar-refractivity contribution < 1.29 is 9.53 Å². The Kier molecular flexibility index (Phi) is 4.49. The fourth-order valence-electron chi connectivity index (χ4n) is 2.41. The van der Waals surface area contributed by atoms with Crippen LogP contribution in [0.3, 0.4) is 0 Å². The summed E-state index contributed by atoms with van der Waals surface area (Å²) in [6, 6.07) is 18.3. The minimum Gasteiger partial charge on any atom is -0.465 e. The number of aromatic amines is 1. The number of fused-ring (bicyclic) bond motifs is 1. The molecule has 0 unspecified atom stereocenters. The Morgan fingerprint density at radius 3 is 2.59 bits per heavy atom. The number of benzene rings is 2. The average Bonchev–Trinajstić information content (AvgIpc) is 2.93. The number of thioether (sulfide) groups is 1. The highest BCUT2D eigenvalue weighted by molar-refractivity contribution is 8.00. The number of carbonyl (C=O) groups is 1. The Morgan fingerprint density at radius 2 is 1.82 bits per heavy atom. The normalized spacial score (nSPS) is 10.8. The molecule has 1 heterocycles. The quantitative estimate of drug-likeness (QED) is 0.557. The molecule has 0 aliphatic heterocycles. The summed E-state index contributed by atoms with van der Waals surface area (Å²) < 4.78 is 5.03. The monoisotopic (exact) mass is 311 g/mol. The Balaban J connectivity index is 2.00. The van der Waals surface area contributed by atoms with Crippen LogP contribution in [0.4, 0.5) is 0 Å². The smallest absolute Gasteiger partial charge is 0.316 e. The zero-order valence-electron chi connectivity index (χ0n) is 12.3. The second-order valence-corrected chi connectivity index (χ2v) is 5.82. The van der Waals surface area contributed by atoms with Crippen molar-refractivity contribution in [1.82, 2.24) is 4.98 Å². The molecule has 2 aromatic carbocycles. The van der Waals surface area contributed by atoms with Crippen LogP contribution < -0.4 is 0 Å². The maximum atomic E-state index is 11.7. The topological polar surface area (TPSA) is 42.1 Å². The third-order valence-electron chi connectivity index (χ3n) is 3.36. The number of ether oxygens (including phenoxy) is 1. The van der Waals surface area contributed by atoms with Crippen molar-refractivity contribution in [3.63, 3.8) is 0 Å². The molecule has 0 spiro atoms. The maximum absolute atomic E-state index is 11.7. The van der Waals surface area contributed by atoms with Gasteiger partial charge in [-0.2, -0.15) is 0 Å². The number of carbonyl (C=O) groups excluding carboxylic acids is 1. The van der Waals surface area contributed by atoms with E-state index in [0.717, 1.165) is 27.1 Å². The molecule has 0 amide bonds. The number of H-pyrrole nitrogens is 1. The first kappa shape index (κ1) is 14.7. The lowest BCUT2D eigenvalue weighted by molar-refractivity contribution is -0.139. The van der Waals surface area contributed by atoms with Crippen molar-refractivity contribution in [3.8, 4) is 11.3 Å². The van der Waals surface area contributed by atoms with Crippen molar-refractivity contribution in [2.45, 2.75) is 11.8 Å². The minimum absolute atomic E-state index is 0.184. The third-order valence-corrected chi connectivity index (χ3v) is 4.45. The Labute approximate surface area is 133 Å². The van der Waals surface area contributed by atoms with Crippen LogP contribution in [0, 0.1) is 0 Å². The largest absolute Gasteiger partial charge is 0.465 e. The molecule has 112 valence electrons. The van der Waals surface area contributed by atoms with Crippen molar-refractivity contribution in [3.05, 3.63) is 54.6 Å². The van der Waals surface area contributed by atoms with E-state index >= 15 is 0 Å². The summed E-state index contributed by atoms with van der Waals surface area (Å²) in [5.41, 5.74) is 3.24. The average molecular weight is 311 g/mol. The summed E-state index contributed by atoms with van der Waals surface area (Å²) in [5, 5.41) is 1.13. The standard InChI is InChI=1S/C18H17NO2S/c1-2-21-16(20)12-22-18-14-10-6-7-11-15(14)19-17(18)13-8-4-3-5-9-13/h3-11,19H,2,12H2,1H3. The van der Waals surface area contributed by atoms with E-state index in [-0.39, 0.29) is 5.97 Å². The lowest BCUT2D eigenvalue weighted by Gasteiger charge is -2.05. The van der Waals surface area contributed by atoms with Crippen LogP contribution in [0.1, 0.15) is 6.92 Å². The molecule has 1 N–H and O–H groups in total. The molecule has 0 fully saturated rings. The molecular weight excluding hydrogens is 294 g/mol. The van der Waals surface area contributed by atoms with Crippen LogP contribution in [0.25, 0.3) is 22.2 Å². The first-order valence-corrected chi connectivity index (χ1v) is 8.22. The van der Waals surface area contributed by atoms with Gasteiger partial charge in [-0.15, -0.1) is 11.8 Å². The predicted octanol–water partition coefficient (Wildman–Crippen LogP) is 4.49. The van der Waals surface area contributed by atoms with E-state index < -0.39 is 0 Å². The summed E-state index contributed by atoms with van der Waals surface area (Å²) in [6.07, 6.45) is 0. The molecule has 3 nitrogen and oxygen atoms in total. The predicted molar refractivity (Wildman–Crippen MR) is 91.1 cm³/mol. The lowest BCUT2D eigenvalue weighted by Crippen LogP contribution is -2.06. The van der Waals surface area contributed by atoms with Gasteiger partial charge in [0.2, 0.25) is 0 Å². The molecule has 0 bridgehead atoms. The van der Waals surface area contributed by atoms with Gasteiger partial charge in [-0.3, -0.25) is 4.79 Å². The van der Waals surface area contributed by atoms with Gasteiger partial charge in [0.05, 0.1) is 18.1 Å². The van der Waals surface area contributed by atoms with Gasteiger partial charge in [0.25, 0.3) is 0 Å². The van der Waals surface area contributed by atoms with Gasteiger partial charge in [-0.05, 0) is 18.6 Å². The Bertz CT molecular complexity index is 780. The second-order valence-electron chi connectivity index (χ2n) is 4.83. The van der Waals surface area contributed by atoms with Crippen molar-refractivity contribution >= 4 is 28.6 Å². The first-order valence-electron chi connectivity index (χ1n) is 7.24. The van der Waals surface area contributed by atoms with Gasteiger partial charge < -0.3 is 9.72 Å². The molecule has 0 atom stereocenters. The molecule has 4 heteroatoms. The van der Waals surface area contributed by atoms with Crippen LogP contribution in [0.15, 0.2) is 59.5 Å². The Hall–Kier alpha value is -2.20. The third kappa shape index (κ3) is 3.02. The molecule has 0 aliphatic carbocycles. The van der Waals surface area contributed by atoms with Gasteiger partial charge in [0.15, 0.2) is 0 Å². The van der Waals surface area contributed by atoms with E-state index in [0.29, 0.717) is 12.4 Å². The van der Waals surface area contributed by atoms with E-state index in [9.17, 15) is 4.79 Å². The second kappa shape index (κ2) is 6.71. The first-order chi connectivity index (χ1) is 10.8. The number of rotatable bonds is 5. The van der Waals surface area contributed by atoms with Crippen molar-refractivity contribution in [2.24, 2.45) is 0 Å². The van der Waals surface area contributed by atoms with E-state index in [1.165, 1.54) is 11.8 Å². The number of para-hydroxylation sites is 1. The number of hydrogen-bond donors (Lipinski definition) is 1. The van der Waals surface area contributed by atoms with Crippen LogP contribution in [0.2, 0.25) is 0 Å². The number of esters is 1. The van der Waals surface area contributed by atoms with Crippen molar-refractivity contribution in [2.75, 3.05) is 12.4 Å². The van der Waals surface area contributed by atoms with Gasteiger partial charge >= 0.3 is 5.97 Å². The molecule has 3 rings (SSSR count). The lowest BCUT2D eigenvalue weighted by atomic mass is 10.1. The zero-order chi connectivity index (χ0) is 15.4. The highest BCUT2D eigenvalue weighted by Crippen LogP contribution is 2.37. The Morgan fingerprint density at radius 1 is 1.09 bits per heavy atom. The fourth-order valence-corrected chi connectivity index (χ4v) is 3.40. The SMILES string of the molecule is CCOC(=O)CSc1c(-c2ccccc2)[nH]c2ccccc12. The maximum Gasteiger partial charge on any atom is 0.316 e. The van der Waals surface area contributed by atoms with Crippen LogP contribution in [0.5, 0.6) is 0 Å². The van der Waals surface area contributed by atoms with E-state index in [1.807, 2.05) is 37.3 Å². The summed E-state index contributed by atoms with van der Waals surface area (Å²) >= 11 is 1.52. The summed E-state index contributed by atoms with van der Waals surface area (Å²) in [5.74, 6) is 0.131. The van der Waals surface area contributed by atoms with Crippen LogP contribution >= 0.6 is 11.8 Å². The highest BCUT2D eigenvalue weighted by Gasteiger charge is 2.15. The zero-order valence-corrected chi connectivity index (χ0v) is 13.2. The molecule has 1 aromatic heterocycles. The van der Waals surface area contributed by atoms with Gasteiger partial charge in [-0.1, -0.05) is 48.5 Å². The summed E-state index contributed by atoms with van der Waals surface area (Å²) in [6.45, 7) is 2.24. The van der Waals surface area contributed by atoms with Gasteiger partial charge in [0.1, 0.15) is 0 Å². The molecule has 3 aromatic rings. The number of nitrogens with one attached hydrogen (secondary N) is 1. The molecule has 0 saturated heterocycles. The molecule has 0 saturated carbocycles. The molecule has 0 radical (unpaired) electrons. The molecule has 22 heavy (non-hydrogen) atoms. The minimum atomic E-state index is -0.184. The van der Waals surface area contributed by atoms with Crippen LogP contribution in [-0.4, -0.2) is 23.3 Å². The molecule has 0 aliphatic rings. The number of hydrogen-bond acceptors (Lipinski definition) is 3. The van der Waals surface area contributed by atoms with Gasteiger partial charge in [0, 0.05) is 15.8 Å².